The molecular formula is C24H25N3O5S. The van der Waals surface area contributed by atoms with Crippen LogP contribution in [-0.2, 0) is 10.0 Å². The predicted molar refractivity (Wildman–Crippen MR) is 127 cm³/mol. The maximum atomic E-state index is 11.7. The van der Waals surface area contributed by atoms with E-state index in [2.05, 4.69) is 0 Å². The average Bonchev–Trinajstić information content (AvgIpc) is 3.28. The summed E-state index contributed by atoms with van der Waals surface area (Å²) >= 11 is 0. The Morgan fingerprint density at radius 2 is 1.48 bits per heavy atom. The molecule has 9 heteroatoms. The molecule has 1 aliphatic heterocycles. The van der Waals surface area contributed by atoms with Crippen molar-refractivity contribution in [1.29, 1.82) is 0 Å². The van der Waals surface area contributed by atoms with Crippen LogP contribution >= 0.6 is 0 Å². The topological polar surface area (TPSA) is 103 Å². The van der Waals surface area contributed by atoms with E-state index in [4.69, 9.17) is 24.5 Å². The highest BCUT2D eigenvalue weighted by atomic mass is 32.2. The van der Waals surface area contributed by atoms with Crippen LogP contribution in [0.1, 0.15) is 23.6 Å². The van der Waals surface area contributed by atoms with Crippen LogP contribution in [0.2, 0.25) is 0 Å². The molecule has 4 rings (SSSR count). The molecule has 8 nitrogen and oxygen atoms in total. The first-order valence-electron chi connectivity index (χ1n) is 10.2. The molecular weight excluding hydrogens is 442 g/mol. The Kier molecular flexibility index (Phi) is 6.26. The molecule has 2 N–H and O–H groups in total. The van der Waals surface area contributed by atoms with Gasteiger partial charge in [-0.05, 0) is 35.9 Å². The van der Waals surface area contributed by atoms with Gasteiger partial charge in [-0.1, -0.05) is 30.3 Å². The van der Waals surface area contributed by atoms with Crippen LogP contribution < -0.4 is 24.4 Å². The molecule has 0 aliphatic carbocycles. The van der Waals surface area contributed by atoms with Gasteiger partial charge in [0.2, 0.25) is 10.0 Å². The normalized spacial score (nSPS) is 15.8. The second-order valence-electron chi connectivity index (χ2n) is 7.47. The van der Waals surface area contributed by atoms with Gasteiger partial charge < -0.3 is 14.2 Å². The van der Waals surface area contributed by atoms with Crippen LogP contribution in [0.3, 0.4) is 0 Å². The fraction of sp³-hybridized carbons (Fsp3) is 0.208. The molecule has 0 radical (unpaired) electrons. The highest BCUT2D eigenvalue weighted by Crippen LogP contribution is 2.44. The quantitative estimate of drug-likeness (QED) is 0.568. The zero-order valence-electron chi connectivity index (χ0n) is 18.6. The number of nitrogens with two attached hydrogens (primary N) is 1. The Balaban J connectivity index is 1.83. The van der Waals surface area contributed by atoms with Crippen LogP contribution in [0, 0.1) is 0 Å². The summed E-state index contributed by atoms with van der Waals surface area (Å²) in [5, 5.41) is 12.0. The monoisotopic (exact) mass is 467 g/mol. The smallest absolute Gasteiger partial charge is 0.238 e. The highest BCUT2D eigenvalue weighted by molar-refractivity contribution is 7.89. The Morgan fingerprint density at radius 3 is 2.06 bits per heavy atom. The molecule has 1 atom stereocenters. The molecule has 33 heavy (non-hydrogen) atoms. The number of hydrogen-bond acceptors (Lipinski definition) is 7. The first-order chi connectivity index (χ1) is 15.9. The predicted octanol–water partition coefficient (Wildman–Crippen LogP) is 3.72. The first kappa shape index (κ1) is 22.6. The Bertz CT molecular complexity index is 1280. The van der Waals surface area contributed by atoms with E-state index in [1.165, 1.54) is 12.1 Å². The number of rotatable bonds is 7. The number of sulfonamides is 1. The van der Waals surface area contributed by atoms with Crippen LogP contribution in [0.15, 0.2) is 76.7 Å². The van der Waals surface area contributed by atoms with Gasteiger partial charge in [0.05, 0.1) is 43.7 Å². The van der Waals surface area contributed by atoms with Crippen molar-refractivity contribution in [3.05, 3.63) is 77.9 Å². The van der Waals surface area contributed by atoms with Crippen molar-refractivity contribution in [2.24, 2.45) is 10.2 Å². The zero-order valence-corrected chi connectivity index (χ0v) is 19.4. The minimum Gasteiger partial charge on any atom is -0.496 e. The summed E-state index contributed by atoms with van der Waals surface area (Å²) in [7, 11) is 0.960. The largest absolute Gasteiger partial charge is 0.496 e. The van der Waals surface area contributed by atoms with Crippen molar-refractivity contribution in [1.82, 2.24) is 0 Å². The van der Waals surface area contributed by atoms with Crippen LogP contribution in [0.5, 0.6) is 17.2 Å². The van der Waals surface area contributed by atoms with Crippen LogP contribution in [0.4, 0.5) is 5.69 Å². The summed E-state index contributed by atoms with van der Waals surface area (Å²) < 4.78 is 40.0. The maximum Gasteiger partial charge on any atom is 0.238 e. The fourth-order valence-corrected chi connectivity index (χ4v) is 4.41. The molecule has 1 heterocycles. The number of nitrogens with zero attached hydrogens (tertiary/aromatic N) is 2. The summed E-state index contributed by atoms with van der Waals surface area (Å²) in [5.74, 6) is 1.77. The number of methoxy groups -OCH3 is 3. The van der Waals surface area contributed by atoms with Gasteiger partial charge in [-0.15, -0.1) is 0 Å². The molecule has 0 saturated carbocycles. The van der Waals surface area contributed by atoms with Crippen molar-refractivity contribution in [3.8, 4) is 17.2 Å². The molecule has 0 fully saturated rings. The molecule has 3 aromatic rings. The average molecular weight is 468 g/mol. The lowest BCUT2D eigenvalue weighted by Crippen LogP contribution is -2.20. The van der Waals surface area contributed by atoms with Crippen molar-refractivity contribution >= 4 is 21.4 Å². The lowest BCUT2D eigenvalue weighted by atomic mass is 9.97. The lowest BCUT2D eigenvalue weighted by molar-refractivity contribution is 0.346. The fourth-order valence-electron chi connectivity index (χ4n) is 3.90. The van der Waals surface area contributed by atoms with Crippen LogP contribution in [0.25, 0.3) is 0 Å². The summed E-state index contributed by atoms with van der Waals surface area (Å²) in [6, 6.07) is 19.7. The van der Waals surface area contributed by atoms with Gasteiger partial charge in [0, 0.05) is 18.1 Å². The standard InChI is InChI=1S/C24H25N3O5S/c1-30-22-15-24(32-3)23(31-2)13-19(22)21-14-20(16-7-5-4-6-8-16)26-27(21)17-9-11-18(12-10-17)33(25,28)29/h4-13,15,21H,14H2,1-3H3,(H2,25,28,29). The molecule has 0 saturated heterocycles. The first-order valence-corrected chi connectivity index (χ1v) is 11.7. The van der Waals surface area contributed by atoms with E-state index in [0.29, 0.717) is 23.7 Å². The number of hydrogen-bond donors (Lipinski definition) is 1. The van der Waals surface area contributed by atoms with Gasteiger partial charge in [0.15, 0.2) is 11.5 Å². The van der Waals surface area contributed by atoms with E-state index in [9.17, 15) is 8.42 Å². The van der Waals surface area contributed by atoms with E-state index < -0.39 is 10.0 Å². The summed E-state index contributed by atoms with van der Waals surface area (Å²) in [5.41, 5.74) is 3.48. The van der Waals surface area contributed by atoms with Gasteiger partial charge in [-0.3, -0.25) is 5.01 Å². The third-order valence-electron chi connectivity index (χ3n) is 5.54. The summed E-state index contributed by atoms with van der Waals surface area (Å²) in [4.78, 5) is 0.0398. The third-order valence-corrected chi connectivity index (χ3v) is 6.47. The molecule has 0 aromatic heterocycles. The van der Waals surface area contributed by atoms with Crippen LogP contribution in [-0.4, -0.2) is 35.5 Å². The number of anilines is 1. The van der Waals surface area contributed by atoms with Gasteiger partial charge in [-0.25, -0.2) is 13.6 Å². The van der Waals surface area contributed by atoms with Gasteiger partial charge >= 0.3 is 0 Å². The van der Waals surface area contributed by atoms with Crippen molar-refractivity contribution < 1.29 is 22.6 Å². The number of primary sulfonamides is 1. The lowest BCUT2D eigenvalue weighted by Gasteiger charge is -2.26. The summed E-state index contributed by atoms with van der Waals surface area (Å²) in [6.45, 7) is 0. The molecule has 3 aromatic carbocycles. The van der Waals surface area contributed by atoms with Crippen molar-refractivity contribution in [3.63, 3.8) is 0 Å². The molecule has 0 bridgehead atoms. The molecule has 0 amide bonds. The minimum absolute atomic E-state index is 0.0398. The van der Waals surface area contributed by atoms with E-state index >= 15 is 0 Å². The van der Waals surface area contributed by atoms with E-state index in [-0.39, 0.29) is 10.9 Å². The van der Waals surface area contributed by atoms with E-state index in [0.717, 1.165) is 22.5 Å². The van der Waals surface area contributed by atoms with E-state index in [1.807, 2.05) is 41.4 Å². The number of ether oxygens (including phenoxy) is 3. The Morgan fingerprint density at radius 1 is 0.879 bits per heavy atom. The van der Waals surface area contributed by atoms with Gasteiger partial charge in [-0.2, -0.15) is 5.10 Å². The number of benzene rings is 3. The second kappa shape index (κ2) is 9.13. The van der Waals surface area contributed by atoms with Crippen molar-refractivity contribution in [2.45, 2.75) is 17.4 Å². The molecule has 1 unspecified atom stereocenters. The molecule has 172 valence electrons. The van der Waals surface area contributed by atoms with Crippen molar-refractivity contribution in [2.75, 3.05) is 26.3 Å². The third kappa shape index (κ3) is 4.50. The second-order valence-corrected chi connectivity index (χ2v) is 9.03. The number of hydrazone groups is 1. The Hall–Kier alpha value is -3.56. The van der Waals surface area contributed by atoms with Gasteiger partial charge in [0.25, 0.3) is 0 Å². The minimum atomic E-state index is -3.79. The highest BCUT2D eigenvalue weighted by Gasteiger charge is 2.33. The summed E-state index contributed by atoms with van der Waals surface area (Å²) in [6.07, 6.45) is 0.604. The SMILES string of the molecule is COc1cc(OC)c(C2CC(c3ccccc3)=NN2c2ccc(S(N)(=O)=O)cc2)cc1OC. The molecule has 0 spiro atoms. The maximum absolute atomic E-state index is 11.7. The Labute approximate surface area is 193 Å². The van der Waals surface area contributed by atoms with E-state index in [1.54, 1.807) is 39.5 Å². The zero-order chi connectivity index (χ0) is 23.6. The molecule has 1 aliphatic rings. The van der Waals surface area contributed by atoms with Gasteiger partial charge in [0.1, 0.15) is 5.75 Å².